The fraction of sp³-hybridized carbons (Fsp3) is 0.0769. The van der Waals surface area contributed by atoms with Crippen LogP contribution in [0, 0.1) is 11.3 Å². The van der Waals surface area contributed by atoms with E-state index >= 15 is 0 Å². The van der Waals surface area contributed by atoms with Gasteiger partial charge in [0.25, 0.3) is 0 Å². The second kappa shape index (κ2) is 5.33. The van der Waals surface area contributed by atoms with Crippen LogP contribution in [-0.2, 0) is 6.18 Å². The molecule has 0 aliphatic carbocycles. The molecule has 0 saturated heterocycles. The lowest BCUT2D eigenvalue weighted by atomic mass is 10.1. The Morgan fingerprint density at radius 1 is 1.05 bits per heavy atom. The van der Waals surface area contributed by atoms with Gasteiger partial charge in [0.1, 0.15) is 0 Å². The summed E-state index contributed by atoms with van der Waals surface area (Å²) in [5, 5.41) is 8.70. The van der Waals surface area contributed by atoms with Crippen LogP contribution in [0.15, 0.2) is 52.5 Å². The average molecular weight is 280 g/mol. The SMILES string of the molecule is N#Cc1ccc(Sc2ccncc2)cc1C(F)(F)F. The molecule has 0 saturated carbocycles. The zero-order chi connectivity index (χ0) is 13.9. The zero-order valence-corrected chi connectivity index (χ0v) is 10.3. The van der Waals surface area contributed by atoms with Gasteiger partial charge in [-0.05, 0) is 30.3 Å². The number of rotatable bonds is 2. The van der Waals surface area contributed by atoms with Gasteiger partial charge in [-0.15, -0.1) is 0 Å². The molecule has 0 amide bonds. The minimum atomic E-state index is -4.53. The van der Waals surface area contributed by atoms with Crippen LogP contribution in [0.3, 0.4) is 0 Å². The summed E-state index contributed by atoms with van der Waals surface area (Å²) in [6, 6.07) is 8.64. The van der Waals surface area contributed by atoms with Crippen LogP contribution >= 0.6 is 11.8 Å². The molecular formula is C13H7F3N2S. The van der Waals surface area contributed by atoms with Crippen molar-refractivity contribution in [3.8, 4) is 6.07 Å². The standard InChI is InChI=1S/C13H7F3N2S/c14-13(15,16)12-7-11(2-1-9(12)8-17)19-10-3-5-18-6-4-10/h1-7H. The Morgan fingerprint density at radius 3 is 2.32 bits per heavy atom. The normalized spacial score (nSPS) is 11.1. The Bertz CT molecular complexity index is 618. The second-order valence-electron chi connectivity index (χ2n) is 3.60. The van der Waals surface area contributed by atoms with Gasteiger partial charge < -0.3 is 0 Å². The highest BCUT2D eigenvalue weighted by molar-refractivity contribution is 7.99. The summed E-state index contributed by atoms with van der Waals surface area (Å²) >= 11 is 1.19. The Hall–Kier alpha value is -2.00. The first kappa shape index (κ1) is 13.4. The molecule has 6 heteroatoms. The van der Waals surface area contributed by atoms with E-state index < -0.39 is 11.7 Å². The van der Waals surface area contributed by atoms with Gasteiger partial charge in [-0.3, -0.25) is 4.98 Å². The van der Waals surface area contributed by atoms with E-state index in [-0.39, 0.29) is 5.56 Å². The Morgan fingerprint density at radius 2 is 1.74 bits per heavy atom. The summed E-state index contributed by atoms with van der Waals surface area (Å²) < 4.78 is 38.4. The smallest absolute Gasteiger partial charge is 0.265 e. The van der Waals surface area contributed by atoms with Crippen molar-refractivity contribution in [2.75, 3.05) is 0 Å². The summed E-state index contributed by atoms with van der Waals surface area (Å²) in [4.78, 5) is 5.05. The largest absolute Gasteiger partial charge is 0.417 e. The molecular weight excluding hydrogens is 273 g/mol. The molecule has 0 radical (unpaired) electrons. The molecule has 0 fully saturated rings. The maximum Gasteiger partial charge on any atom is 0.417 e. The van der Waals surface area contributed by atoms with Gasteiger partial charge in [0.05, 0.1) is 17.2 Å². The van der Waals surface area contributed by atoms with Crippen molar-refractivity contribution < 1.29 is 13.2 Å². The Labute approximate surface area is 111 Å². The van der Waals surface area contributed by atoms with E-state index in [0.717, 1.165) is 11.0 Å². The highest BCUT2D eigenvalue weighted by Gasteiger charge is 2.33. The maximum absolute atomic E-state index is 12.8. The summed E-state index contributed by atoms with van der Waals surface area (Å²) in [5.74, 6) is 0. The molecule has 0 unspecified atom stereocenters. The van der Waals surface area contributed by atoms with Gasteiger partial charge in [0.2, 0.25) is 0 Å². The fourth-order valence-electron chi connectivity index (χ4n) is 1.46. The van der Waals surface area contributed by atoms with Crippen LogP contribution in [0.4, 0.5) is 13.2 Å². The van der Waals surface area contributed by atoms with Crippen molar-refractivity contribution >= 4 is 11.8 Å². The van der Waals surface area contributed by atoms with Crippen LogP contribution < -0.4 is 0 Å². The number of benzene rings is 1. The summed E-state index contributed by atoms with van der Waals surface area (Å²) in [7, 11) is 0. The molecule has 0 aliphatic rings. The molecule has 96 valence electrons. The average Bonchev–Trinajstić information content (AvgIpc) is 2.39. The molecule has 2 aromatic rings. The van der Waals surface area contributed by atoms with Crippen molar-refractivity contribution in [1.29, 1.82) is 5.26 Å². The van der Waals surface area contributed by atoms with Crippen molar-refractivity contribution in [1.82, 2.24) is 4.98 Å². The number of aromatic nitrogens is 1. The quantitative estimate of drug-likeness (QED) is 0.830. The van der Waals surface area contributed by atoms with E-state index in [1.54, 1.807) is 30.6 Å². The Kier molecular flexibility index (Phi) is 3.76. The number of hydrogen-bond donors (Lipinski definition) is 0. The molecule has 0 spiro atoms. The van der Waals surface area contributed by atoms with Crippen molar-refractivity contribution in [2.45, 2.75) is 16.0 Å². The lowest BCUT2D eigenvalue weighted by Gasteiger charge is -2.10. The number of alkyl halides is 3. The monoisotopic (exact) mass is 280 g/mol. The first-order chi connectivity index (χ1) is 9.00. The van der Waals surface area contributed by atoms with E-state index in [4.69, 9.17) is 5.26 Å². The van der Waals surface area contributed by atoms with Crippen LogP contribution in [0.25, 0.3) is 0 Å². The third-order valence-corrected chi connectivity index (χ3v) is 3.30. The van der Waals surface area contributed by atoms with Gasteiger partial charge in [-0.1, -0.05) is 11.8 Å². The van der Waals surface area contributed by atoms with E-state index in [9.17, 15) is 13.2 Å². The molecule has 1 heterocycles. The first-order valence-corrected chi connectivity index (χ1v) is 6.01. The molecule has 0 atom stereocenters. The summed E-state index contributed by atoms with van der Waals surface area (Å²) in [5.41, 5.74) is -1.28. The van der Waals surface area contributed by atoms with Gasteiger partial charge in [-0.2, -0.15) is 18.4 Å². The van der Waals surface area contributed by atoms with Crippen LogP contribution in [-0.4, -0.2) is 4.98 Å². The number of hydrogen-bond acceptors (Lipinski definition) is 3. The lowest BCUT2D eigenvalue weighted by Crippen LogP contribution is -2.07. The second-order valence-corrected chi connectivity index (χ2v) is 4.75. The van der Waals surface area contributed by atoms with Crippen molar-refractivity contribution in [2.24, 2.45) is 0 Å². The summed E-state index contributed by atoms with van der Waals surface area (Å²) in [6.45, 7) is 0. The number of halogens is 3. The molecule has 0 bridgehead atoms. The molecule has 0 aliphatic heterocycles. The van der Waals surface area contributed by atoms with E-state index in [2.05, 4.69) is 4.98 Å². The molecule has 1 aromatic carbocycles. The van der Waals surface area contributed by atoms with E-state index in [0.29, 0.717) is 4.90 Å². The van der Waals surface area contributed by atoms with Gasteiger partial charge in [0.15, 0.2) is 0 Å². The van der Waals surface area contributed by atoms with Crippen molar-refractivity contribution in [3.05, 3.63) is 53.9 Å². The third-order valence-electron chi connectivity index (χ3n) is 2.30. The first-order valence-electron chi connectivity index (χ1n) is 5.20. The highest BCUT2D eigenvalue weighted by atomic mass is 32.2. The van der Waals surface area contributed by atoms with Crippen molar-refractivity contribution in [3.63, 3.8) is 0 Å². The third kappa shape index (κ3) is 3.26. The molecule has 1 aromatic heterocycles. The molecule has 2 nitrogen and oxygen atoms in total. The number of pyridine rings is 1. The topological polar surface area (TPSA) is 36.7 Å². The van der Waals surface area contributed by atoms with Gasteiger partial charge in [0, 0.05) is 22.2 Å². The van der Waals surface area contributed by atoms with Crippen LogP contribution in [0.5, 0.6) is 0 Å². The number of nitrogens with zero attached hydrogens (tertiary/aromatic N) is 2. The Balaban J connectivity index is 2.37. The van der Waals surface area contributed by atoms with Gasteiger partial charge >= 0.3 is 6.18 Å². The molecule has 0 N–H and O–H groups in total. The highest BCUT2D eigenvalue weighted by Crippen LogP contribution is 2.36. The van der Waals surface area contributed by atoms with Gasteiger partial charge in [-0.25, -0.2) is 0 Å². The van der Waals surface area contributed by atoms with Crippen LogP contribution in [0.1, 0.15) is 11.1 Å². The number of nitriles is 1. The predicted molar refractivity (Wildman–Crippen MR) is 64.5 cm³/mol. The fourth-order valence-corrected chi connectivity index (χ4v) is 2.30. The molecule has 19 heavy (non-hydrogen) atoms. The van der Waals surface area contributed by atoms with E-state index in [1.165, 1.54) is 23.9 Å². The predicted octanol–water partition coefficient (Wildman–Crippen LogP) is 4.12. The lowest BCUT2D eigenvalue weighted by molar-refractivity contribution is -0.137. The molecule has 2 rings (SSSR count). The van der Waals surface area contributed by atoms with E-state index in [1.807, 2.05) is 0 Å². The van der Waals surface area contributed by atoms with Crippen LogP contribution in [0.2, 0.25) is 0 Å². The summed E-state index contributed by atoms with van der Waals surface area (Å²) in [6.07, 6.45) is -1.40. The minimum absolute atomic E-state index is 0.369. The zero-order valence-electron chi connectivity index (χ0n) is 9.48. The maximum atomic E-state index is 12.8. The minimum Gasteiger partial charge on any atom is -0.265 e.